The smallest absolute Gasteiger partial charge is 0.339 e. The molecule has 1 N–H and O–H groups in total. The minimum absolute atomic E-state index is 0.354. The normalized spacial score (nSPS) is 14.7. The number of carbonyl (C=O) groups excluding carboxylic acids is 2. The van der Waals surface area contributed by atoms with Gasteiger partial charge in [-0.1, -0.05) is 30.3 Å². The maximum atomic E-state index is 13.4. The van der Waals surface area contributed by atoms with Gasteiger partial charge < -0.3 is 10.1 Å². The van der Waals surface area contributed by atoms with Gasteiger partial charge in [0.05, 0.1) is 11.1 Å². The van der Waals surface area contributed by atoms with Crippen LogP contribution in [0.4, 0.5) is 5.69 Å². The van der Waals surface area contributed by atoms with E-state index >= 15 is 0 Å². The van der Waals surface area contributed by atoms with Crippen LogP contribution in [0.2, 0.25) is 0 Å². The number of ether oxygens (including phenoxy) is 1. The molecule has 0 radical (unpaired) electrons. The Labute approximate surface area is 195 Å². The number of hydrogen-bond donors (Lipinski definition) is 1. The molecule has 2 aromatic carbocycles. The van der Waals surface area contributed by atoms with Crippen molar-refractivity contribution in [2.75, 3.05) is 11.9 Å². The van der Waals surface area contributed by atoms with Gasteiger partial charge in [0, 0.05) is 47.9 Å². The Morgan fingerprint density at radius 1 is 1.06 bits per heavy atom. The second kappa shape index (κ2) is 9.32. The van der Waals surface area contributed by atoms with Crippen molar-refractivity contribution < 1.29 is 14.3 Å². The molecule has 172 valence electrons. The molecule has 1 aliphatic heterocycles. The van der Waals surface area contributed by atoms with E-state index in [1.807, 2.05) is 56.3 Å². The fourth-order valence-electron chi connectivity index (χ4n) is 4.28. The highest BCUT2D eigenvalue weighted by Crippen LogP contribution is 2.30. The number of nitrogens with zero attached hydrogens (tertiary/aromatic N) is 2. The molecule has 0 fully saturated rings. The highest BCUT2D eigenvalue weighted by atomic mass is 16.5. The summed E-state index contributed by atoms with van der Waals surface area (Å²) < 4.78 is 5.71. The summed E-state index contributed by atoms with van der Waals surface area (Å²) in [5.74, 6) is -0.841. The van der Waals surface area contributed by atoms with Crippen LogP contribution in [-0.2, 0) is 22.5 Å². The molecular formula is C27H31N3O3. The molecule has 0 saturated carbocycles. The number of fused-ring (bicyclic) bond motifs is 2. The number of anilines is 1. The number of amides is 1. The summed E-state index contributed by atoms with van der Waals surface area (Å²) in [6.45, 7) is 11.4. The second-order valence-electron chi connectivity index (χ2n) is 9.03. The summed E-state index contributed by atoms with van der Waals surface area (Å²) in [5, 5.41) is 3.65. The molecule has 1 aromatic heterocycles. The first kappa shape index (κ1) is 22.9. The Morgan fingerprint density at radius 3 is 2.58 bits per heavy atom. The standard InChI is InChI=1S/C27H31N3O3/c1-16(2)30-14-13-24-21(15-30)25(20-10-6-7-11-23(20)28-24)27(32)33-19(5)26(31)29-22-12-8-9-17(3)18(22)4/h6-12,16,19H,13-15H2,1-5H3,(H,29,31). The highest BCUT2D eigenvalue weighted by molar-refractivity contribution is 6.06. The molecule has 1 unspecified atom stereocenters. The lowest BCUT2D eigenvalue weighted by Gasteiger charge is -2.32. The average molecular weight is 446 g/mol. The van der Waals surface area contributed by atoms with Crippen LogP contribution in [-0.4, -0.2) is 40.5 Å². The Bertz CT molecular complexity index is 1220. The lowest BCUT2D eigenvalue weighted by Crippen LogP contribution is -2.37. The molecule has 0 spiro atoms. The van der Waals surface area contributed by atoms with Crippen LogP contribution in [0.5, 0.6) is 0 Å². The third-order valence-electron chi connectivity index (χ3n) is 6.53. The van der Waals surface area contributed by atoms with Crippen LogP contribution >= 0.6 is 0 Å². The van der Waals surface area contributed by atoms with Crippen LogP contribution in [0.25, 0.3) is 10.9 Å². The molecule has 0 aliphatic carbocycles. The van der Waals surface area contributed by atoms with Gasteiger partial charge in [-0.05, 0) is 57.9 Å². The monoisotopic (exact) mass is 445 g/mol. The molecule has 2 heterocycles. The largest absolute Gasteiger partial charge is 0.449 e. The molecule has 0 saturated heterocycles. The Hall–Kier alpha value is -3.25. The molecule has 1 aliphatic rings. The number of para-hydroxylation sites is 1. The van der Waals surface area contributed by atoms with Gasteiger partial charge in [0.15, 0.2) is 6.10 Å². The lowest BCUT2D eigenvalue weighted by atomic mass is 9.95. The van der Waals surface area contributed by atoms with E-state index in [9.17, 15) is 9.59 Å². The van der Waals surface area contributed by atoms with E-state index in [1.165, 1.54) is 0 Å². The van der Waals surface area contributed by atoms with E-state index in [0.29, 0.717) is 18.2 Å². The first-order valence-corrected chi connectivity index (χ1v) is 11.5. The number of nitrogens with one attached hydrogen (secondary N) is 1. The summed E-state index contributed by atoms with van der Waals surface area (Å²) >= 11 is 0. The quantitative estimate of drug-likeness (QED) is 0.571. The number of carbonyl (C=O) groups is 2. The number of rotatable bonds is 5. The zero-order valence-electron chi connectivity index (χ0n) is 19.9. The second-order valence-corrected chi connectivity index (χ2v) is 9.03. The summed E-state index contributed by atoms with van der Waals surface area (Å²) in [6, 6.07) is 13.7. The zero-order valence-corrected chi connectivity index (χ0v) is 19.9. The molecule has 3 aromatic rings. The van der Waals surface area contributed by atoms with Crippen molar-refractivity contribution in [3.8, 4) is 0 Å². The molecular weight excluding hydrogens is 414 g/mol. The van der Waals surface area contributed by atoms with Crippen LogP contribution < -0.4 is 5.32 Å². The fraction of sp³-hybridized carbons (Fsp3) is 0.370. The van der Waals surface area contributed by atoms with Crippen molar-refractivity contribution in [2.45, 2.75) is 59.7 Å². The third-order valence-corrected chi connectivity index (χ3v) is 6.53. The maximum Gasteiger partial charge on any atom is 0.339 e. The highest BCUT2D eigenvalue weighted by Gasteiger charge is 2.29. The minimum Gasteiger partial charge on any atom is -0.449 e. The van der Waals surface area contributed by atoms with Crippen LogP contribution in [0.15, 0.2) is 42.5 Å². The van der Waals surface area contributed by atoms with E-state index in [2.05, 4.69) is 24.1 Å². The van der Waals surface area contributed by atoms with Gasteiger partial charge in [0.1, 0.15) is 0 Å². The maximum absolute atomic E-state index is 13.4. The summed E-state index contributed by atoms with van der Waals surface area (Å²) in [5.41, 5.74) is 5.93. The molecule has 1 atom stereocenters. The van der Waals surface area contributed by atoms with Crippen molar-refractivity contribution in [3.05, 3.63) is 70.4 Å². The number of aryl methyl sites for hydroxylation is 1. The van der Waals surface area contributed by atoms with Crippen LogP contribution in [0, 0.1) is 13.8 Å². The van der Waals surface area contributed by atoms with Crippen molar-refractivity contribution >= 4 is 28.5 Å². The van der Waals surface area contributed by atoms with Crippen LogP contribution in [0.1, 0.15) is 53.5 Å². The fourth-order valence-corrected chi connectivity index (χ4v) is 4.28. The van der Waals surface area contributed by atoms with Crippen molar-refractivity contribution in [1.82, 2.24) is 9.88 Å². The third kappa shape index (κ3) is 4.62. The van der Waals surface area contributed by atoms with Gasteiger partial charge in [0.25, 0.3) is 5.91 Å². The first-order valence-electron chi connectivity index (χ1n) is 11.5. The van der Waals surface area contributed by atoms with Gasteiger partial charge in [0.2, 0.25) is 0 Å². The summed E-state index contributed by atoms with van der Waals surface area (Å²) in [4.78, 5) is 33.4. The minimum atomic E-state index is -0.940. The van der Waals surface area contributed by atoms with E-state index in [0.717, 1.165) is 51.9 Å². The predicted molar refractivity (Wildman–Crippen MR) is 130 cm³/mol. The Balaban J connectivity index is 1.63. The van der Waals surface area contributed by atoms with Crippen molar-refractivity contribution in [1.29, 1.82) is 0 Å². The Kier molecular flexibility index (Phi) is 6.47. The van der Waals surface area contributed by atoms with E-state index < -0.39 is 12.1 Å². The van der Waals surface area contributed by atoms with Gasteiger partial charge in [-0.15, -0.1) is 0 Å². The van der Waals surface area contributed by atoms with Gasteiger partial charge in [-0.2, -0.15) is 0 Å². The number of hydrogen-bond acceptors (Lipinski definition) is 5. The molecule has 6 nitrogen and oxygen atoms in total. The lowest BCUT2D eigenvalue weighted by molar-refractivity contribution is -0.123. The van der Waals surface area contributed by atoms with Gasteiger partial charge >= 0.3 is 5.97 Å². The molecule has 33 heavy (non-hydrogen) atoms. The van der Waals surface area contributed by atoms with Gasteiger partial charge in [-0.25, -0.2) is 4.79 Å². The number of aromatic nitrogens is 1. The molecule has 4 rings (SSSR count). The predicted octanol–water partition coefficient (Wildman–Crippen LogP) is 4.80. The Morgan fingerprint density at radius 2 is 1.82 bits per heavy atom. The van der Waals surface area contributed by atoms with E-state index in [-0.39, 0.29) is 5.91 Å². The molecule has 0 bridgehead atoms. The summed E-state index contributed by atoms with van der Waals surface area (Å²) in [6.07, 6.45) is -0.161. The van der Waals surface area contributed by atoms with Gasteiger partial charge in [-0.3, -0.25) is 14.7 Å². The van der Waals surface area contributed by atoms with Crippen molar-refractivity contribution in [2.24, 2.45) is 0 Å². The van der Waals surface area contributed by atoms with E-state index in [1.54, 1.807) is 6.92 Å². The number of benzene rings is 2. The zero-order chi connectivity index (χ0) is 23.7. The summed E-state index contributed by atoms with van der Waals surface area (Å²) in [7, 11) is 0. The SMILES string of the molecule is Cc1cccc(NC(=O)C(C)OC(=O)c2c3c(nc4ccccc24)CCN(C(C)C)C3)c1C. The average Bonchev–Trinajstić information content (AvgIpc) is 2.79. The topological polar surface area (TPSA) is 71.5 Å². The molecule has 6 heteroatoms. The van der Waals surface area contributed by atoms with Crippen LogP contribution in [0.3, 0.4) is 0 Å². The number of esters is 1. The molecule has 1 amide bonds. The van der Waals surface area contributed by atoms with E-state index in [4.69, 9.17) is 9.72 Å². The van der Waals surface area contributed by atoms with Crippen molar-refractivity contribution in [3.63, 3.8) is 0 Å². The number of pyridine rings is 1. The first-order chi connectivity index (χ1) is 15.8.